The van der Waals surface area contributed by atoms with E-state index in [1.165, 1.54) is 9.80 Å². The van der Waals surface area contributed by atoms with E-state index in [1.54, 1.807) is 6.92 Å². The molecule has 2 fully saturated rings. The Balaban J connectivity index is 1.74. The summed E-state index contributed by atoms with van der Waals surface area (Å²) < 4.78 is 67.1. The summed E-state index contributed by atoms with van der Waals surface area (Å²) in [4.78, 5) is 32.7. The number of hydrogen-bond acceptors (Lipinski definition) is 7. The van der Waals surface area contributed by atoms with Gasteiger partial charge in [0.1, 0.15) is 6.04 Å². The van der Waals surface area contributed by atoms with Crippen molar-refractivity contribution < 1.29 is 31.8 Å². The number of hydrogen-bond donors (Lipinski definition) is 0. The summed E-state index contributed by atoms with van der Waals surface area (Å²) in [6.07, 6.45) is -4.14. The fourth-order valence-electron chi connectivity index (χ4n) is 4.53. The first kappa shape index (κ1) is 23.0. The number of alkyl halides is 3. The second kappa shape index (κ2) is 8.97. The number of morpholine rings is 1. The van der Waals surface area contributed by atoms with Gasteiger partial charge in [-0.15, -0.1) is 0 Å². The normalized spacial score (nSPS) is 25.0. The Morgan fingerprint density at radius 1 is 1.12 bits per heavy atom. The largest absolute Gasteiger partial charge is 0.409 e. The smallest absolute Gasteiger partial charge is 0.381 e. The highest BCUT2D eigenvalue weighted by atomic mass is 19.4. The molecule has 8 nitrogen and oxygen atoms in total. The molecule has 0 N–H and O–H groups in total. The van der Waals surface area contributed by atoms with Gasteiger partial charge in [0.05, 0.1) is 25.8 Å². The molecule has 2 saturated heterocycles. The maximum absolute atomic E-state index is 15.0. The van der Waals surface area contributed by atoms with Crippen molar-refractivity contribution >= 4 is 17.5 Å². The molecule has 2 atom stereocenters. The SMILES string of the molecule is C[C@@H]1COCCN1c1nc2n(c(=O)c1F)C(C(F)(F)F)CCN2CC(=O)C1CCOCC1. The van der Waals surface area contributed by atoms with Gasteiger partial charge in [0.2, 0.25) is 11.8 Å². The number of Topliss-reactive ketones (excluding diaryl/α,β-unsaturated/α-hetero) is 1. The molecule has 178 valence electrons. The molecule has 4 rings (SSSR count). The zero-order chi connectivity index (χ0) is 23.0. The molecule has 1 unspecified atom stereocenters. The van der Waals surface area contributed by atoms with E-state index in [9.17, 15) is 22.8 Å². The molecule has 0 amide bonds. The number of carbonyl (C=O) groups excluding carboxylic acids is 1. The van der Waals surface area contributed by atoms with Gasteiger partial charge in [0.25, 0.3) is 5.56 Å². The molecule has 0 spiro atoms. The average Bonchev–Trinajstić information content (AvgIpc) is 2.76. The second-order valence-electron chi connectivity index (χ2n) is 8.46. The van der Waals surface area contributed by atoms with Crippen LogP contribution in [0.4, 0.5) is 29.3 Å². The van der Waals surface area contributed by atoms with Crippen molar-refractivity contribution in [1.29, 1.82) is 0 Å². The van der Waals surface area contributed by atoms with Crippen molar-refractivity contribution in [2.24, 2.45) is 5.92 Å². The third-order valence-corrected chi connectivity index (χ3v) is 6.33. The van der Waals surface area contributed by atoms with E-state index in [-0.39, 0.29) is 62.4 Å². The Kier molecular flexibility index (Phi) is 6.44. The molecule has 0 bridgehead atoms. The van der Waals surface area contributed by atoms with Crippen LogP contribution in [0.3, 0.4) is 0 Å². The minimum atomic E-state index is -4.75. The van der Waals surface area contributed by atoms with Gasteiger partial charge < -0.3 is 19.3 Å². The van der Waals surface area contributed by atoms with Gasteiger partial charge in [-0.1, -0.05) is 0 Å². The molecule has 0 aromatic carbocycles. The van der Waals surface area contributed by atoms with Crippen LogP contribution in [-0.2, 0) is 14.3 Å². The Labute approximate surface area is 182 Å². The maximum atomic E-state index is 15.0. The molecule has 1 aromatic rings. The predicted octanol–water partition coefficient (Wildman–Crippen LogP) is 1.92. The van der Waals surface area contributed by atoms with Gasteiger partial charge in [-0.25, -0.2) is 0 Å². The zero-order valence-corrected chi connectivity index (χ0v) is 17.7. The lowest BCUT2D eigenvalue weighted by molar-refractivity contribution is -0.171. The zero-order valence-electron chi connectivity index (χ0n) is 17.7. The lowest BCUT2D eigenvalue weighted by Gasteiger charge is -2.39. The molecule has 3 aliphatic rings. The van der Waals surface area contributed by atoms with Crippen LogP contribution in [0.2, 0.25) is 0 Å². The summed E-state index contributed by atoms with van der Waals surface area (Å²) in [5.74, 6) is -2.36. The van der Waals surface area contributed by atoms with E-state index in [1.807, 2.05) is 0 Å². The van der Waals surface area contributed by atoms with E-state index in [4.69, 9.17) is 9.47 Å². The standard InChI is InChI=1S/C20H26F4N4O4/c1-12-11-32-9-6-27(12)17-16(21)18(30)28-15(20(22,23)24)2-5-26(19(28)25-17)10-14(29)13-3-7-31-8-4-13/h12-13,15H,2-11H2,1H3/t12-,15?/m1/s1. The summed E-state index contributed by atoms with van der Waals surface area (Å²) in [5.41, 5.74) is -1.38. The summed E-state index contributed by atoms with van der Waals surface area (Å²) in [7, 11) is 0. The first-order valence-electron chi connectivity index (χ1n) is 10.8. The van der Waals surface area contributed by atoms with Crippen LogP contribution in [0.5, 0.6) is 0 Å². The number of ketones is 1. The highest BCUT2D eigenvalue weighted by molar-refractivity contribution is 5.85. The number of halogens is 4. The van der Waals surface area contributed by atoms with Gasteiger partial charge in [-0.3, -0.25) is 14.2 Å². The second-order valence-corrected chi connectivity index (χ2v) is 8.46. The van der Waals surface area contributed by atoms with Gasteiger partial charge in [-0.05, 0) is 26.2 Å². The predicted molar refractivity (Wildman–Crippen MR) is 107 cm³/mol. The summed E-state index contributed by atoms with van der Waals surface area (Å²) in [5, 5.41) is 0. The Bertz CT molecular complexity index is 916. The van der Waals surface area contributed by atoms with E-state index in [0.717, 1.165) is 0 Å². The van der Waals surface area contributed by atoms with Crippen LogP contribution in [-0.4, -0.2) is 73.6 Å². The molecule has 3 aliphatic heterocycles. The number of nitrogens with zero attached hydrogens (tertiary/aromatic N) is 4. The highest BCUT2D eigenvalue weighted by Crippen LogP contribution is 2.39. The van der Waals surface area contributed by atoms with Crippen molar-refractivity contribution in [3.63, 3.8) is 0 Å². The van der Waals surface area contributed by atoms with E-state index in [2.05, 4.69) is 4.98 Å². The fourth-order valence-corrected chi connectivity index (χ4v) is 4.53. The minimum Gasteiger partial charge on any atom is -0.381 e. The van der Waals surface area contributed by atoms with Gasteiger partial charge in [-0.2, -0.15) is 22.5 Å². The van der Waals surface area contributed by atoms with Crippen molar-refractivity contribution in [3.05, 3.63) is 16.2 Å². The lowest BCUT2D eigenvalue weighted by Crippen LogP contribution is -2.50. The summed E-state index contributed by atoms with van der Waals surface area (Å²) in [6.45, 7) is 3.15. The van der Waals surface area contributed by atoms with Crippen LogP contribution in [0.15, 0.2) is 4.79 Å². The number of ether oxygens (including phenoxy) is 2. The quantitative estimate of drug-likeness (QED) is 0.633. The van der Waals surface area contributed by atoms with Crippen LogP contribution in [0.25, 0.3) is 0 Å². The molecule has 32 heavy (non-hydrogen) atoms. The number of rotatable bonds is 4. The third-order valence-electron chi connectivity index (χ3n) is 6.33. The number of anilines is 2. The van der Waals surface area contributed by atoms with E-state index >= 15 is 4.39 Å². The number of carbonyl (C=O) groups is 1. The Morgan fingerprint density at radius 3 is 2.50 bits per heavy atom. The summed E-state index contributed by atoms with van der Waals surface area (Å²) >= 11 is 0. The minimum absolute atomic E-state index is 0.116. The maximum Gasteiger partial charge on any atom is 0.409 e. The molecule has 12 heteroatoms. The average molecular weight is 462 g/mol. The highest BCUT2D eigenvalue weighted by Gasteiger charge is 2.47. The molecular weight excluding hydrogens is 436 g/mol. The van der Waals surface area contributed by atoms with Crippen molar-refractivity contribution in [3.8, 4) is 0 Å². The number of fused-ring (bicyclic) bond motifs is 1. The van der Waals surface area contributed by atoms with Crippen molar-refractivity contribution in [2.45, 2.75) is 44.4 Å². The van der Waals surface area contributed by atoms with Gasteiger partial charge in [0.15, 0.2) is 11.6 Å². The lowest BCUT2D eigenvalue weighted by atomic mass is 9.95. The van der Waals surface area contributed by atoms with Crippen molar-refractivity contribution in [1.82, 2.24) is 9.55 Å². The Hall–Kier alpha value is -2.21. The van der Waals surface area contributed by atoms with E-state index in [0.29, 0.717) is 30.6 Å². The van der Waals surface area contributed by atoms with Crippen LogP contribution >= 0.6 is 0 Å². The monoisotopic (exact) mass is 462 g/mol. The van der Waals surface area contributed by atoms with Crippen molar-refractivity contribution in [2.75, 3.05) is 55.9 Å². The Morgan fingerprint density at radius 2 is 1.84 bits per heavy atom. The van der Waals surface area contributed by atoms with E-state index < -0.39 is 30.0 Å². The molecule has 1 aromatic heterocycles. The summed E-state index contributed by atoms with van der Waals surface area (Å²) in [6, 6.07) is -2.51. The van der Waals surface area contributed by atoms with Gasteiger partial charge >= 0.3 is 6.18 Å². The van der Waals surface area contributed by atoms with Gasteiger partial charge in [0, 0.05) is 32.2 Å². The fraction of sp³-hybridized carbons (Fsp3) is 0.750. The molecular formula is C20H26F4N4O4. The molecule has 0 radical (unpaired) electrons. The molecule has 0 saturated carbocycles. The topological polar surface area (TPSA) is 76.9 Å². The number of aromatic nitrogens is 2. The first-order chi connectivity index (χ1) is 15.2. The van der Waals surface area contributed by atoms with Crippen LogP contribution in [0.1, 0.15) is 32.2 Å². The van der Waals surface area contributed by atoms with Crippen LogP contribution in [0, 0.1) is 11.7 Å². The third kappa shape index (κ3) is 4.34. The molecule has 0 aliphatic carbocycles. The first-order valence-corrected chi connectivity index (χ1v) is 10.8. The molecule has 4 heterocycles. The van der Waals surface area contributed by atoms with Crippen LogP contribution < -0.4 is 15.4 Å².